The number of carbonyl (C=O) groups is 7. The third-order valence-electron chi connectivity index (χ3n) is 14.5. The van der Waals surface area contributed by atoms with Crippen LogP contribution in [0.3, 0.4) is 0 Å². The normalized spacial score (nSPS) is 13.7. The Kier molecular flexibility index (Phi) is 33.9. The summed E-state index contributed by atoms with van der Waals surface area (Å²) >= 11 is 0. The molecule has 2 aromatic carbocycles. The summed E-state index contributed by atoms with van der Waals surface area (Å²) in [6, 6.07) is 12.7. The summed E-state index contributed by atoms with van der Waals surface area (Å²) in [6.07, 6.45) is 18.9. The number of hydrogen-bond donors (Lipinski definition) is 6. The lowest BCUT2D eigenvalue weighted by Gasteiger charge is -2.32. The summed E-state index contributed by atoms with van der Waals surface area (Å²) in [7, 11) is -3.16. The molecule has 19 nitrogen and oxygen atoms in total. The van der Waals surface area contributed by atoms with Gasteiger partial charge in [0.05, 0.1) is 17.4 Å². The van der Waals surface area contributed by atoms with Crippen LogP contribution in [0.5, 0.6) is 0 Å². The van der Waals surface area contributed by atoms with Gasteiger partial charge in [0.2, 0.25) is 17.7 Å². The summed E-state index contributed by atoms with van der Waals surface area (Å²) in [5.41, 5.74) is 1.57. The maximum atomic E-state index is 13.4. The molecule has 2 aromatic rings. The summed E-state index contributed by atoms with van der Waals surface area (Å²) < 4.78 is 41.8. The second-order valence-electron chi connectivity index (χ2n) is 27.5. The van der Waals surface area contributed by atoms with Crippen molar-refractivity contribution >= 4 is 49.4 Å². The summed E-state index contributed by atoms with van der Waals surface area (Å²) in [4.78, 5) is 90.4. The van der Waals surface area contributed by atoms with Crippen molar-refractivity contribution in [2.75, 3.05) is 25.9 Å². The summed E-state index contributed by atoms with van der Waals surface area (Å²) in [5.74, 6) is -3.04. The number of amides is 5. The lowest BCUT2D eigenvalue weighted by atomic mass is 9.98. The minimum atomic E-state index is -3.16. The smallest absolute Gasteiger partial charge is 0.408 e. The molecule has 0 radical (unpaired) electrons. The fourth-order valence-corrected chi connectivity index (χ4v) is 13.0. The standard InChI is InChI=1S/C68H112N5O14P/c1-65(2,3)84-62(79)57(71-59(75)43-27-25-23-21-19-17-15-13-14-16-18-20-22-24-26-36-48-88(82,86-67(7,8)9)87-68(10,11)12)44-45-58(74)69-46-34-32-41-55(72-64(81)85-66(4,5)6)60(76)70-47-35-33-42-56(61(77)78)73-63(80)83-49-54-52-39-30-28-37-50(52)51-38-29-31-40-53(51)54/h28-31,37-40,54-57H,13-27,32-36,41-49H2,1-12H3,(H,69,74)(H,70,76)(H,71,75)(H,72,81)(H,73,80)(H,77,78)/t55-,56-,57-/m0/s1. The van der Waals surface area contributed by atoms with Crippen molar-refractivity contribution in [1.82, 2.24) is 26.6 Å². The molecule has 88 heavy (non-hydrogen) atoms. The largest absolute Gasteiger partial charge is 0.480 e. The first-order valence-electron chi connectivity index (χ1n) is 32.7. The zero-order valence-electron chi connectivity index (χ0n) is 55.6. The number of nitrogens with one attached hydrogen (secondary N) is 5. The van der Waals surface area contributed by atoms with Crippen LogP contribution < -0.4 is 26.6 Å². The first-order chi connectivity index (χ1) is 41.3. The van der Waals surface area contributed by atoms with Crippen LogP contribution in [0.2, 0.25) is 0 Å². The molecule has 3 atom stereocenters. The highest BCUT2D eigenvalue weighted by molar-refractivity contribution is 7.53. The number of carboxylic acid groups (broad SMARTS) is 1. The molecular weight excluding hydrogens is 1140 g/mol. The number of benzene rings is 2. The van der Waals surface area contributed by atoms with Crippen molar-refractivity contribution in [3.8, 4) is 11.1 Å². The number of alkyl carbamates (subject to hydrolysis) is 2. The zero-order chi connectivity index (χ0) is 65.4. The number of fused-ring (bicyclic) bond motifs is 3. The first kappa shape index (κ1) is 76.7. The van der Waals surface area contributed by atoms with Gasteiger partial charge in [0.1, 0.15) is 35.9 Å². The van der Waals surface area contributed by atoms with E-state index in [1.54, 1.807) is 41.5 Å². The Morgan fingerprint density at radius 3 is 1.39 bits per heavy atom. The van der Waals surface area contributed by atoms with Crippen LogP contribution in [0.1, 0.15) is 261 Å². The van der Waals surface area contributed by atoms with Crippen LogP contribution in [0.15, 0.2) is 48.5 Å². The highest BCUT2D eigenvalue weighted by Gasteiger charge is 2.35. The molecule has 0 aromatic heterocycles. The number of unbranched alkanes of at least 4 members (excludes halogenated alkanes) is 17. The van der Waals surface area contributed by atoms with Gasteiger partial charge in [-0.15, -0.1) is 0 Å². The highest BCUT2D eigenvalue weighted by atomic mass is 31.2. The Bertz CT molecular complexity index is 2450. The quantitative estimate of drug-likeness (QED) is 0.0156. The molecule has 1 aliphatic rings. The lowest BCUT2D eigenvalue weighted by Crippen LogP contribution is -2.48. The van der Waals surface area contributed by atoms with Crippen molar-refractivity contribution in [2.45, 2.75) is 290 Å². The summed E-state index contributed by atoms with van der Waals surface area (Å²) in [6.45, 7) is 22.3. The molecule has 0 unspecified atom stereocenters. The molecule has 0 bridgehead atoms. The number of aliphatic carboxylic acids is 1. The first-order valence-corrected chi connectivity index (χ1v) is 34.5. The Labute approximate surface area is 527 Å². The van der Waals surface area contributed by atoms with Crippen LogP contribution in [-0.4, -0.2) is 113 Å². The Hall–Kier alpha value is -5.52. The van der Waals surface area contributed by atoms with Crippen LogP contribution in [-0.2, 0) is 51.8 Å². The van der Waals surface area contributed by atoms with Crippen LogP contribution >= 0.6 is 7.60 Å². The second kappa shape index (κ2) is 38.9. The number of carbonyl (C=O) groups excluding carboxylic acids is 6. The highest BCUT2D eigenvalue weighted by Crippen LogP contribution is 2.55. The second-order valence-corrected chi connectivity index (χ2v) is 29.6. The molecule has 6 N–H and O–H groups in total. The maximum Gasteiger partial charge on any atom is 0.408 e. The van der Waals surface area contributed by atoms with Crippen molar-refractivity contribution in [2.24, 2.45) is 0 Å². The Morgan fingerprint density at radius 1 is 0.466 bits per heavy atom. The van der Waals surface area contributed by atoms with Crippen molar-refractivity contribution < 1.29 is 66.5 Å². The minimum absolute atomic E-state index is 0.0371. The number of rotatable bonds is 42. The van der Waals surface area contributed by atoms with E-state index < -0.39 is 78.2 Å². The van der Waals surface area contributed by atoms with E-state index in [1.807, 2.05) is 90.1 Å². The number of hydrogen-bond acceptors (Lipinski definition) is 13. The van der Waals surface area contributed by atoms with Crippen molar-refractivity contribution in [3.63, 3.8) is 0 Å². The van der Waals surface area contributed by atoms with Gasteiger partial charge >= 0.3 is 31.7 Å². The van der Waals surface area contributed by atoms with E-state index in [2.05, 4.69) is 26.6 Å². The Morgan fingerprint density at radius 2 is 0.909 bits per heavy atom. The predicted molar refractivity (Wildman–Crippen MR) is 346 cm³/mol. The van der Waals surface area contributed by atoms with Gasteiger partial charge in [-0.2, -0.15) is 0 Å². The minimum Gasteiger partial charge on any atom is -0.480 e. The molecule has 0 heterocycles. The fraction of sp³-hybridized carbons (Fsp3) is 0.721. The molecule has 20 heteroatoms. The van der Waals surface area contributed by atoms with E-state index in [1.165, 1.54) is 57.8 Å². The van der Waals surface area contributed by atoms with Gasteiger partial charge in [0.25, 0.3) is 0 Å². The summed E-state index contributed by atoms with van der Waals surface area (Å²) in [5, 5.41) is 23.5. The van der Waals surface area contributed by atoms with Gasteiger partial charge in [-0.1, -0.05) is 138 Å². The molecule has 0 spiro atoms. The van der Waals surface area contributed by atoms with Gasteiger partial charge in [0.15, 0.2) is 0 Å². The van der Waals surface area contributed by atoms with E-state index in [4.69, 9.17) is 23.3 Å². The molecule has 0 saturated carbocycles. The monoisotopic (exact) mass is 1250 g/mol. The predicted octanol–water partition coefficient (Wildman–Crippen LogP) is 14.5. The molecule has 0 saturated heterocycles. The number of esters is 1. The molecule has 0 fully saturated rings. The SMILES string of the molecule is CC(C)(C)OC(=O)N[C@@H](CCCCNC(=O)CC[C@H](NC(=O)CCCCCCCCCCCCCCCCCCP(=O)(OC(C)(C)C)OC(C)(C)C)C(=O)OC(C)(C)C)C(=O)NCCCC[C@H](NC(=O)OCC1c2ccccc2-c2ccccc21)C(=O)O. The molecular formula is C68H112N5O14P. The van der Waals surface area contributed by atoms with Gasteiger partial charge in [-0.05, 0) is 163 Å². The van der Waals surface area contributed by atoms with Gasteiger partial charge in [-0.3, -0.25) is 18.9 Å². The molecule has 498 valence electrons. The number of carboxylic acids is 1. The van der Waals surface area contributed by atoms with E-state index in [0.29, 0.717) is 38.3 Å². The lowest BCUT2D eigenvalue weighted by molar-refractivity contribution is -0.159. The third-order valence-corrected chi connectivity index (χ3v) is 17.0. The zero-order valence-corrected chi connectivity index (χ0v) is 56.5. The van der Waals surface area contributed by atoms with Crippen LogP contribution in [0.25, 0.3) is 11.1 Å². The third kappa shape index (κ3) is 33.9. The maximum absolute atomic E-state index is 13.4. The molecule has 3 rings (SSSR count). The molecule has 5 amide bonds. The molecule has 1 aliphatic carbocycles. The van der Waals surface area contributed by atoms with Crippen molar-refractivity contribution in [1.29, 1.82) is 0 Å². The van der Waals surface area contributed by atoms with Gasteiger partial charge in [-0.25, -0.2) is 19.2 Å². The van der Waals surface area contributed by atoms with Gasteiger partial charge < -0.3 is 54.9 Å². The average Bonchev–Trinajstić information content (AvgIpc) is 2.93. The topological polar surface area (TPSA) is 263 Å². The van der Waals surface area contributed by atoms with Crippen LogP contribution in [0, 0.1) is 0 Å². The van der Waals surface area contributed by atoms with E-state index in [0.717, 1.165) is 60.8 Å². The van der Waals surface area contributed by atoms with Crippen LogP contribution in [0.4, 0.5) is 9.59 Å². The number of ether oxygens (including phenoxy) is 3. The van der Waals surface area contributed by atoms with E-state index in [-0.39, 0.29) is 69.5 Å². The van der Waals surface area contributed by atoms with E-state index in [9.17, 15) is 43.2 Å². The van der Waals surface area contributed by atoms with E-state index >= 15 is 0 Å². The average molecular weight is 1250 g/mol. The Balaban J connectivity index is 1.30. The van der Waals surface area contributed by atoms with Gasteiger partial charge in [0, 0.05) is 31.8 Å². The molecule has 0 aliphatic heterocycles. The fourth-order valence-electron chi connectivity index (χ4n) is 10.5. The van der Waals surface area contributed by atoms with Crippen molar-refractivity contribution in [3.05, 3.63) is 59.7 Å².